The summed E-state index contributed by atoms with van der Waals surface area (Å²) in [5.74, 6) is 0.131. The summed E-state index contributed by atoms with van der Waals surface area (Å²) < 4.78 is 0. The molecule has 14 heavy (non-hydrogen) atoms. The number of hydrogen-bond acceptors (Lipinski definition) is 2. The third-order valence-electron chi connectivity index (χ3n) is 2.92. The maximum Gasteiger partial charge on any atom is 0.221 e. The second kappa shape index (κ2) is 6.82. The van der Waals surface area contributed by atoms with E-state index in [-0.39, 0.29) is 5.91 Å². The quantitative estimate of drug-likeness (QED) is 0.671. The lowest BCUT2D eigenvalue weighted by molar-refractivity contribution is -0.120. The first-order valence-corrected chi connectivity index (χ1v) is 5.77. The van der Waals surface area contributed by atoms with Crippen LogP contribution in [0.2, 0.25) is 0 Å². The third-order valence-corrected chi connectivity index (χ3v) is 2.92. The fourth-order valence-electron chi connectivity index (χ4n) is 2.00. The Bertz CT molecular complexity index is 163. The topological polar surface area (TPSA) is 41.1 Å². The molecule has 0 bridgehead atoms. The molecule has 1 amide bonds. The Morgan fingerprint density at radius 1 is 1.21 bits per heavy atom. The summed E-state index contributed by atoms with van der Waals surface area (Å²) in [5, 5.41) is 6.10. The second-order valence-corrected chi connectivity index (χ2v) is 4.07. The van der Waals surface area contributed by atoms with E-state index in [9.17, 15) is 4.79 Å². The van der Waals surface area contributed by atoms with E-state index in [1.807, 2.05) is 0 Å². The molecule has 1 fully saturated rings. The van der Waals surface area contributed by atoms with Crippen molar-refractivity contribution in [2.45, 2.75) is 51.0 Å². The normalized spacial score (nSPS) is 18.9. The van der Waals surface area contributed by atoms with Crippen molar-refractivity contribution in [3.63, 3.8) is 0 Å². The van der Waals surface area contributed by atoms with Crippen LogP contribution in [0.4, 0.5) is 0 Å². The van der Waals surface area contributed by atoms with E-state index in [2.05, 4.69) is 10.6 Å². The van der Waals surface area contributed by atoms with Crippen molar-refractivity contribution in [2.75, 3.05) is 13.6 Å². The lowest BCUT2D eigenvalue weighted by Crippen LogP contribution is -2.32. The number of amides is 1. The van der Waals surface area contributed by atoms with Gasteiger partial charge in [0, 0.05) is 26.1 Å². The van der Waals surface area contributed by atoms with Crippen molar-refractivity contribution in [1.29, 1.82) is 0 Å². The van der Waals surface area contributed by atoms with Gasteiger partial charge in [0.2, 0.25) is 5.91 Å². The maximum atomic E-state index is 11.0. The minimum absolute atomic E-state index is 0.131. The van der Waals surface area contributed by atoms with E-state index in [0.29, 0.717) is 12.5 Å². The van der Waals surface area contributed by atoms with Gasteiger partial charge >= 0.3 is 0 Å². The smallest absolute Gasteiger partial charge is 0.221 e. The number of carbonyl (C=O) groups is 1. The van der Waals surface area contributed by atoms with Crippen LogP contribution in [0.3, 0.4) is 0 Å². The van der Waals surface area contributed by atoms with Crippen LogP contribution in [0, 0.1) is 0 Å². The van der Waals surface area contributed by atoms with Gasteiger partial charge in [0.25, 0.3) is 0 Å². The Kier molecular flexibility index (Phi) is 5.60. The SMILES string of the molecule is CNC(=O)CCNC1CCCCCC1. The van der Waals surface area contributed by atoms with Gasteiger partial charge in [-0.1, -0.05) is 25.7 Å². The summed E-state index contributed by atoms with van der Waals surface area (Å²) in [6, 6.07) is 0.655. The third kappa shape index (κ3) is 4.61. The Hall–Kier alpha value is -0.570. The molecule has 1 aliphatic carbocycles. The molecule has 1 saturated carbocycles. The molecule has 0 unspecified atom stereocenters. The average molecular weight is 198 g/mol. The minimum Gasteiger partial charge on any atom is -0.359 e. The Morgan fingerprint density at radius 2 is 1.86 bits per heavy atom. The molecule has 0 aromatic heterocycles. The van der Waals surface area contributed by atoms with E-state index in [1.54, 1.807) is 7.05 Å². The maximum absolute atomic E-state index is 11.0. The molecule has 0 saturated heterocycles. The molecule has 0 spiro atoms. The van der Waals surface area contributed by atoms with E-state index < -0.39 is 0 Å². The highest BCUT2D eigenvalue weighted by molar-refractivity contribution is 5.75. The van der Waals surface area contributed by atoms with Crippen molar-refractivity contribution in [2.24, 2.45) is 0 Å². The fourth-order valence-corrected chi connectivity index (χ4v) is 2.00. The summed E-state index contributed by atoms with van der Waals surface area (Å²) in [7, 11) is 1.69. The van der Waals surface area contributed by atoms with E-state index >= 15 is 0 Å². The van der Waals surface area contributed by atoms with Gasteiger partial charge in [-0.3, -0.25) is 4.79 Å². The monoisotopic (exact) mass is 198 g/mol. The fraction of sp³-hybridized carbons (Fsp3) is 0.909. The van der Waals surface area contributed by atoms with Gasteiger partial charge in [0.05, 0.1) is 0 Å². The molecule has 0 atom stereocenters. The van der Waals surface area contributed by atoms with Crippen LogP contribution in [0.5, 0.6) is 0 Å². The van der Waals surface area contributed by atoms with Crippen LogP contribution in [0.25, 0.3) is 0 Å². The zero-order valence-electron chi connectivity index (χ0n) is 9.14. The highest BCUT2D eigenvalue weighted by Crippen LogP contribution is 2.16. The first-order valence-electron chi connectivity index (χ1n) is 5.77. The summed E-state index contributed by atoms with van der Waals surface area (Å²) in [5.41, 5.74) is 0. The van der Waals surface area contributed by atoms with Gasteiger partial charge in [-0.15, -0.1) is 0 Å². The largest absolute Gasteiger partial charge is 0.359 e. The van der Waals surface area contributed by atoms with E-state index in [1.165, 1.54) is 38.5 Å². The Labute approximate surface area is 86.6 Å². The lowest BCUT2D eigenvalue weighted by Gasteiger charge is -2.15. The summed E-state index contributed by atoms with van der Waals surface area (Å²) in [4.78, 5) is 11.0. The van der Waals surface area contributed by atoms with Gasteiger partial charge in [-0.05, 0) is 12.8 Å². The molecule has 0 radical (unpaired) electrons. The van der Waals surface area contributed by atoms with Gasteiger partial charge in [-0.25, -0.2) is 0 Å². The molecule has 82 valence electrons. The van der Waals surface area contributed by atoms with Crippen LogP contribution in [-0.4, -0.2) is 25.5 Å². The first-order chi connectivity index (χ1) is 6.83. The molecule has 0 aromatic carbocycles. The van der Waals surface area contributed by atoms with Crippen molar-refractivity contribution in [3.8, 4) is 0 Å². The molecule has 3 heteroatoms. The molecule has 0 aromatic rings. The summed E-state index contributed by atoms with van der Waals surface area (Å²) in [6.07, 6.45) is 8.63. The zero-order valence-corrected chi connectivity index (χ0v) is 9.14. The van der Waals surface area contributed by atoms with Crippen LogP contribution in [-0.2, 0) is 4.79 Å². The summed E-state index contributed by atoms with van der Waals surface area (Å²) >= 11 is 0. The molecular weight excluding hydrogens is 176 g/mol. The molecule has 0 aliphatic heterocycles. The van der Waals surface area contributed by atoms with Crippen LogP contribution in [0.1, 0.15) is 44.9 Å². The van der Waals surface area contributed by atoms with Gasteiger partial charge in [0.1, 0.15) is 0 Å². The molecule has 1 aliphatic rings. The molecule has 2 N–H and O–H groups in total. The van der Waals surface area contributed by atoms with Crippen LogP contribution < -0.4 is 10.6 Å². The molecular formula is C11H22N2O. The highest BCUT2D eigenvalue weighted by Gasteiger charge is 2.11. The number of nitrogens with one attached hydrogen (secondary N) is 2. The summed E-state index contributed by atoms with van der Waals surface area (Å²) in [6.45, 7) is 0.824. The van der Waals surface area contributed by atoms with E-state index in [4.69, 9.17) is 0 Å². The number of rotatable bonds is 4. The minimum atomic E-state index is 0.131. The Balaban J connectivity index is 2.07. The molecule has 0 heterocycles. The van der Waals surface area contributed by atoms with Crippen molar-refractivity contribution in [1.82, 2.24) is 10.6 Å². The lowest BCUT2D eigenvalue weighted by atomic mass is 10.1. The highest BCUT2D eigenvalue weighted by atomic mass is 16.1. The van der Waals surface area contributed by atoms with E-state index in [0.717, 1.165) is 6.54 Å². The van der Waals surface area contributed by atoms with Crippen molar-refractivity contribution in [3.05, 3.63) is 0 Å². The van der Waals surface area contributed by atoms with Gasteiger partial charge < -0.3 is 10.6 Å². The van der Waals surface area contributed by atoms with Crippen LogP contribution >= 0.6 is 0 Å². The average Bonchev–Trinajstić information content (AvgIpc) is 2.46. The van der Waals surface area contributed by atoms with Gasteiger partial charge in [-0.2, -0.15) is 0 Å². The van der Waals surface area contributed by atoms with Crippen molar-refractivity contribution >= 4 is 5.91 Å². The first kappa shape index (κ1) is 11.5. The zero-order chi connectivity index (χ0) is 10.2. The Morgan fingerprint density at radius 3 is 2.43 bits per heavy atom. The number of carbonyl (C=O) groups excluding carboxylic acids is 1. The van der Waals surface area contributed by atoms with Crippen LogP contribution in [0.15, 0.2) is 0 Å². The molecule has 1 rings (SSSR count). The predicted octanol–water partition coefficient (Wildman–Crippen LogP) is 1.43. The second-order valence-electron chi connectivity index (χ2n) is 4.07. The standard InChI is InChI=1S/C11H22N2O/c1-12-11(14)8-9-13-10-6-4-2-3-5-7-10/h10,13H,2-9H2,1H3,(H,12,14). The molecule has 3 nitrogen and oxygen atoms in total. The number of hydrogen-bond donors (Lipinski definition) is 2. The van der Waals surface area contributed by atoms with Crippen molar-refractivity contribution < 1.29 is 4.79 Å². The van der Waals surface area contributed by atoms with Gasteiger partial charge in [0.15, 0.2) is 0 Å². The predicted molar refractivity (Wildman–Crippen MR) is 58.2 cm³/mol.